The van der Waals surface area contributed by atoms with Gasteiger partial charge >= 0.3 is 6.03 Å². The number of rotatable bonds is 10. The average molecular weight is 466 g/mol. The van der Waals surface area contributed by atoms with Gasteiger partial charge in [0.15, 0.2) is 0 Å². The van der Waals surface area contributed by atoms with Gasteiger partial charge in [-0.05, 0) is 60.2 Å². The van der Waals surface area contributed by atoms with Crippen LogP contribution in [-0.4, -0.2) is 41.9 Å². The van der Waals surface area contributed by atoms with Gasteiger partial charge in [-0.25, -0.2) is 4.79 Å². The Hall–Kier alpha value is -3.32. The lowest BCUT2D eigenvalue weighted by molar-refractivity contribution is -0.133. The van der Waals surface area contributed by atoms with Gasteiger partial charge < -0.3 is 19.9 Å². The zero-order chi connectivity index (χ0) is 23.6. The van der Waals surface area contributed by atoms with E-state index in [1.807, 2.05) is 47.5 Å². The Labute approximate surface area is 199 Å². The molecule has 0 spiro atoms. The van der Waals surface area contributed by atoms with Gasteiger partial charge in [0.2, 0.25) is 5.91 Å². The van der Waals surface area contributed by atoms with Crippen LogP contribution in [0.3, 0.4) is 0 Å². The van der Waals surface area contributed by atoms with Crippen molar-refractivity contribution in [3.63, 3.8) is 0 Å². The molecule has 0 aliphatic carbocycles. The Bertz CT molecular complexity index is 1030. The molecule has 0 saturated carbocycles. The van der Waals surface area contributed by atoms with Crippen LogP contribution in [-0.2, 0) is 17.9 Å². The number of ether oxygens (including phenoxy) is 1. The van der Waals surface area contributed by atoms with Crippen molar-refractivity contribution in [1.82, 2.24) is 9.80 Å². The number of carbonyl (C=O) groups is 2. The molecular weight excluding hydrogens is 434 g/mol. The number of nitrogens with zero attached hydrogens (tertiary/aromatic N) is 2. The van der Waals surface area contributed by atoms with Gasteiger partial charge in [0.05, 0.1) is 13.7 Å². The van der Waals surface area contributed by atoms with Crippen LogP contribution in [0.5, 0.6) is 5.75 Å². The van der Waals surface area contributed by atoms with E-state index in [-0.39, 0.29) is 18.5 Å². The van der Waals surface area contributed by atoms with Gasteiger partial charge in [0, 0.05) is 23.7 Å². The summed E-state index contributed by atoms with van der Waals surface area (Å²) < 4.78 is 5.17. The smallest absolute Gasteiger partial charge is 0.322 e. The fraction of sp³-hybridized carbons (Fsp3) is 0.308. The summed E-state index contributed by atoms with van der Waals surface area (Å²) in [6.07, 6.45) is 0.756. The second kappa shape index (κ2) is 12.1. The zero-order valence-corrected chi connectivity index (χ0v) is 20.2. The Morgan fingerprint density at radius 3 is 2.30 bits per heavy atom. The molecule has 174 valence electrons. The molecule has 1 heterocycles. The minimum atomic E-state index is -0.290. The highest BCUT2D eigenvalue weighted by Gasteiger charge is 2.22. The lowest BCUT2D eigenvalue weighted by atomic mass is 10.2. The molecule has 3 rings (SSSR count). The molecule has 7 heteroatoms. The Morgan fingerprint density at radius 1 is 0.970 bits per heavy atom. The SMILES string of the molecule is CCCN(CC(=O)N(Cc1ccccc1)Cc1sccc1C)C(=O)Nc1ccc(OC)cc1. The fourth-order valence-corrected chi connectivity index (χ4v) is 4.36. The zero-order valence-electron chi connectivity index (χ0n) is 19.4. The van der Waals surface area contributed by atoms with E-state index in [1.54, 1.807) is 47.6 Å². The van der Waals surface area contributed by atoms with E-state index in [0.29, 0.717) is 31.1 Å². The summed E-state index contributed by atoms with van der Waals surface area (Å²) in [7, 11) is 1.60. The first kappa shape index (κ1) is 24.3. The van der Waals surface area contributed by atoms with Crippen molar-refractivity contribution in [2.45, 2.75) is 33.4 Å². The maximum Gasteiger partial charge on any atom is 0.322 e. The van der Waals surface area contributed by atoms with Crippen molar-refractivity contribution in [3.8, 4) is 5.75 Å². The van der Waals surface area contributed by atoms with E-state index in [1.165, 1.54) is 5.56 Å². The first-order valence-electron chi connectivity index (χ1n) is 11.0. The Morgan fingerprint density at radius 2 is 1.70 bits per heavy atom. The summed E-state index contributed by atoms with van der Waals surface area (Å²) in [5.41, 5.74) is 2.89. The highest BCUT2D eigenvalue weighted by Crippen LogP contribution is 2.20. The first-order valence-corrected chi connectivity index (χ1v) is 11.9. The van der Waals surface area contributed by atoms with Crippen molar-refractivity contribution in [3.05, 3.63) is 82.0 Å². The molecule has 0 radical (unpaired) electrons. The van der Waals surface area contributed by atoms with Crippen molar-refractivity contribution < 1.29 is 14.3 Å². The second-order valence-electron chi connectivity index (χ2n) is 7.84. The fourth-order valence-electron chi connectivity index (χ4n) is 3.44. The standard InChI is InChI=1S/C26H31N3O3S/c1-4-15-28(26(31)27-22-10-12-23(32-3)13-11-22)19-25(30)29(17-21-8-6-5-7-9-21)18-24-20(2)14-16-33-24/h5-14,16H,4,15,17-19H2,1-3H3,(H,27,31). The molecule has 0 bridgehead atoms. The van der Waals surface area contributed by atoms with Crippen LogP contribution in [0.1, 0.15) is 29.3 Å². The number of nitrogens with one attached hydrogen (secondary N) is 1. The quantitative estimate of drug-likeness (QED) is 0.428. The number of benzene rings is 2. The molecule has 33 heavy (non-hydrogen) atoms. The third-order valence-electron chi connectivity index (χ3n) is 5.32. The van der Waals surface area contributed by atoms with Gasteiger partial charge in [-0.1, -0.05) is 37.3 Å². The predicted molar refractivity (Wildman–Crippen MR) is 134 cm³/mol. The normalized spacial score (nSPS) is 10.5. The van der Waals surface area contributed by atoms with E-state index in [0.717, 1.165) is 16.9 Å². The molecule has 3 amide bonds. The third-order valence-corrected chi connectivity index (χ3v) is 6.33. The van der Waals surface area contributed by atoms with Gasteiger partial charge in [-0.3, -0.25) is 4.79 Å². The molecule has 1 N–H and O–H groups in total. The molecule has 0 atom stereocenters. The lowest BCUT2D eigenvalue weighted by Gasteiger charge is -2.28. The number of carbonyl (C=O) groups excluding carboxylic acids is 2. The number of methoxy groups -OCH3 is 1. The average Bonchev–Trinajstić information content (AvgIpc) is 3.23. The van der Waals surface area contributed by atoms with E-state index in [4.69, 9.17) is 4.74 Å². The number of aryl methyl sites for hydroxylation is 1. The number of thiophene rings is 1. The molecule has 2 aromatic carbocycles. The molecule has 6 nitrogen and oxygen atoms in total. The van der Waals surface area contributed by atoms with Crippen molar-refractivity contribution in [1.29, 1.82) is 0 Å². The van der Waals surface area contributed by atoms with Crippen molar-refractivity contribution in [2.75, 3.05) is 25.5 Å². The maximum atomic E-state index is 13.4. The molecule has 0 aliphatic heterocycles. The van der Waals surface area contributed by atoms with Gasteiger partial charge in [0.1, 0.15) is 12.3 Å². The van der Waals surface area contributed by atoms with Gasteiger partial charge in [-0.15, -0.1) is 11.3 Å². The molecule has 0 saturated heterocycles. The largest absolute Gasteiger partial charge is 0.497 e. The van der Waals surface area contributed by atoms with E-state index in [9.17, 15) is 9.59 Å². The summed E-state index contributed by atoms with van der Waals surface area (Å²) >= 11 is 1.65. The summed E-state index contributed by atoms with van der Waals surface area (Å²) in [6.45, 7) is 5.59. The molecule has 1 aromatic heterocycles. The predicted octanol–water partition coefficient (Wildman–Crippen LogP) is 5.54. The highest BCUT2D eigenvalue weighted by molar-refractivity contribution is 7.10. The van der Waals surface area contributed by atoms with Crippen LogP contribution in [0.25, 0.3) is 0 Å². The van der Waals surface area contributed by atoms with Crippen LogP contribution >= 0.6 is 11.3 Å². The molecule has 0 unspecified atom stereocenters. The minimum Gasteiger partial charge on any atom is -0.497 e. The summed E-state index contributed by atoms with van der Waals surface area (Å²) in [5, 5.41) is 4.93. The van der Waals surface area contributed by atoms with Crippen LogP contribution in [0.15, 0.2) is 66.0 Å². The van der Waals surface area contributed by atoms with Crippen LogP contribution in [0, 0.1) is 6.92 Å². The van der Waals surface area contributed by atoms with Crippen LogP contribution < -0.4 is 10.1 Å². The Kier molecular flexibility index (Phi) is 8.89. The first-order chi connectivity index (χ1) is 16.0. The number of hydrogen-bond acceptors (Lipinski definition) is 4. The van der Waals surface area contributed by atoms with Crippen molar-refractivity contribution >= 4 is 29.0 Å². The van der Waals surface area contributed by atoms with Crippen molar-refractivity contribution in [2.24, 2.45) is 0 Å². The number of amides is 3. The van der Waals surface area contributed by atoms with Crippen LogP contribution in [0.2, 0.25) is 0 Å². The topological polar surface area (TPSA) is 61.9 Å². The van der Waals surface area contributed by atoms with Gasteiger partial charge in [-0.2, -0.15) is 0 Å². The Balaban J connectivity index is 1.73. The maximum absolute atomic E-state index is 13.4. The molecule has 0 fully saturated rings. The highest BCUT2D eigenvalue weighted by atomic mass is 32.1. The number of anilines is 1. The summed E-state index contributed by atoms with van der Waals surface area (Å²) in [6, 6.07) is 18.9. The molecular formula is C26H31N3O3S. The minimum absolute atomic E-state index is 0.0209. The van der Waals surface area contributed by atoms with E-state index in [2.05, 4.69) is 18.3 Å². The van der Waals surface area contributed by atoms with Gasteiger partial charge in [0.25, 0.3) is 0 Å². The third kappa shape index (κ3) is 7.08. The molecule has 0 aliphatic rings. The second-order valence-corrected chi connectivity index (χ2v) is 8.84. The summed E-state index contributed by atoms with van der Waals surface area (Å²) in [5.74, 6) is 0.638. The summed E-state index contributed by atoms with van der Waals surface area (Å²) in [4.78, 5) is 30.9. The molecule has 3 aromatic rings. The monoisotopic (exact) mass is 465 g/mol. The van der Waals surface area contributed by atoms with E-state index < -0.39 is 0 Å². The number of hydrogen-bond donors (Lipinski definition) is 1. The lowest BCUT2D eigenvalue weighted by Crippen LogP contribution is -2.44. The van der Waals surface area contributed by atoms with E-state index >= 15 is 0 Å². The van der Waals surface area contributed by atoms with Crippen LogP contribution in [0.4, 0.5) is 10.5 Å². The number of urea groups is 1.